The molecule has 1 aliphatic rings. The van der Waals surface area contributed by atoms with Gasteiger partial charge in [-0.2, -0.15) is 0 Å². The fourth-order valence-electron chi connectivity index (χ4n) is 3.28. The molecule has 0 spiro atoms. The number of anilines is 1. The topological polar surface area (TPSA) is 102 Å². The van der Waals surface area contributed by atoms with Crippen molar-refractivity contribution < 1.29 is 22.7 Å². The molecule has 1 amide bonds. The molecule has 10 heteroatoms. The quantitative estimate of drug-likeness (QED) is 0.668. The first-order chi connectivity index (χ1) is 14.9. The van der Waals surface area contributed by atoms with Gasteiger partial charge in [0.1, 0.15) is 12.2 Å². The first-order valence-corrected chi connectivity index (χ1v) is 12.3. The number of nitrogens with zero attached hydrogens (tertiary/aromatic N) is 4. The van der Waals surface area contributed by atoms with E-state index in [4.69, 9.17) is 9.47 Å². The maximum absolute atomic E-state index is 12.3. The van der Waals surface area contributed by atoms with Crippen LogP contribution in [0.15, 0.2) is 41.6 Å². The first kappa shape index (κ1) is 23.8. The lowest BCUT2D eigenvalue weighted by atomic mass is 10.2. The molecule has 1 aromatic carbocycles. The average molecular weight is 463 g/mol. The van der Waals surface area contributed by atoms with E-state index in [9.17, 15) is 13.2 Å². The molecule has 0 radical (unpaired) electrons. The van der Waals surface area contributed by atoms with E-state index < -0.39 is 15.4 Å². The Kier molecular flexibility index (Phi) is 6.92. The number of amides is 1. The lowest BCUT2D eigenvalue weighted by molar-refractivity contribution is 0.0218. The number of piperazine rings is 1. The van der Waals surface area contributed by atoms with E-state index in [0.717, 1.165) is 5.56 Å². The molecule has 1 saturated heterocycles. The molecule has 2 aromatic rings. The molecule has 9 nitrogen and oxygen atoms in total. The Morgan fingerprint density at radius 1 is 1.12 bits per heavy atom. The summed E-state index contributed by atoms with van der Waals surface area (Å²) < 4.78 is 34.3. The van der Waals surface area contributed by atoms with Crippen molar-refractivity contribution in [1.29, 1.82) is 0 Å². The molecule has 1 aromatic heterocycles. The smallest absolute Gasteiger partial charge is 0.410 e. The van der Waals surface area contributed by atoms with Crippen LogP contribution in [0.5, 0.6) is 5.75 Å². The third-order valence-corrected chi connectivity index (χ3v) is 6.04. The van der Waals surface area contributed by atoms with Crippen LogP contribution in [-0.4, -0.2) is 66.9 Å². The molecule has 0 aliphatic carbocycles. The van der Waals surface area contributed by atoms with Gasteiger partial charge in [0.15, 0.2) is 15.6 Å². The molecular weight excluding hydrogens is 432 g/mol. The number of aromatic nitrogens is 2. The van der Waals surface area contributed by atoms with E-state index in [-0.39, 0.29) is 23.6 Å². The molecular formula is C22H30N4O5S. The molecule has 1 atom stereocenters. The Morgan fingerprint density at radius 2 is 1.75 bits per heavy atom. The van der Waals surface area contributed by atoms with Gasteiger partial charge in [0.2, 0.25) is 5.95 Å². The van der Waals surface area contributed by atoms with Gasteiger partial charge in [-0.15, -0.1) is 0 Å². The molecule has 2 heterocycles. The van der Waals surface area contributed by atoms with Gasteiger partial charge in [-0.05, 0) is 45.4 Å². The normalized spacial score (nSPS) is 17.2. The van der Waals surface area contributed by atoms with E-state index in [2.05, 4.69) is 14.9 Å². The van der Waals surface area contributed by atoms with E-state index in [1.807, 2.05) is 27.7 Å². The average Bonchev–Trinajstić information content (AvgIpc) is 2.71. The third kappa shape index (κ3) is 6.32. The van der Waals surface area contributed by atoms with Crippen LogP contribution in [0.4, 0.5) is 10.7 Å². The SMILES string of the molecule is C[C@H]1CN(C(=O)OC(C)(C)C)CCN1c1ncc(OCc2ccc(S(C)(=O)=O)cc2)cn1. The molecule has 0 saturated carbocycles. The number of benzene rings is 1. The van der Waals surface area contributed by atoms with Gasteiger partial charge in [-0.3, -0.25) is 0 Å². The number of ether oxygens (including phenoxy) is 2. The standard InChI is InChI=1S/C22H30N4O5S/c1-16-14-25(21(27)31-22(2,3)4)10-11-26(16)20-23-12-18(13-24-20)30-15-17-6-8-19(9-7-17)32(5,28)29/h6-9,12-13,16H,10-11,14-15H2,1-5H3/t16-/m0/s1. The minimum atomic E-state index is -3.22. The van der Waals surface area contributed by atoms with Crippen LogP contribution < -0.4 is 9.64 Å². The zero-order valence-corrected chi connectivity index (χ0v) is 19.9. The zero-order chi connectivity index (χ0) is 23.5. The van der Waals surface area contributed by atoms with Crippen molar-refractivity contribution in [3.8, 4) is 5.75 Å². The Hall–Kier alpha value is -2.88. The fourth-order valence-corrected chi connectivity index (χ4v) is 3.91. The number of carbonyl (C=O) groups excluding carboxylic acids is 1. The second-order valence-corrected chi connectivity index (χ2v) is 10.9. The van der Waals surface area contributed by atoms with Gasteiger partial charge in [0, 0.05) is 31.9 Å². The van der Waals surface area contributed by atoms with Gasteiger partial charge in [-0.1, -0.05) is 12.1 Å². The Balaban J connectivity index is 1.55. The number of rotatable bonds is 5. The van der Waals surface area contributed by atoms with Crippen molar-refractivity contribution in [2.45, 2.75) is 50.8 Å². The summed E-state index contributed by atoms with van der Waals surface area (Å²) in [5.74, 6) is 1.09. The van der Waals surface area contributed by atoms with E-state index in [1.54, 1.807) is 41.6 Å². The van der Waals surface area contributed by atoms with Crippen molar-refractivity contribution in [1.82, 2.24) is 14.9 Å². The van der Waals surface area contributed by atoms with Crippen molar-refractivity contribution >= 4 is 21.9 Å². The fraction of sp³-hybridized carbons (Fsp3) is 0.500. The highest BCUT2D eigenvalue weighted by atomic mass is 32.2. The highest BCUT2D eigenvalue weighted by molar-refractivity contribution is 7.90. The second-order valence-electron chi connectivity index (χ2n) is 8.89. The third-order valence-electron chi connectivity index (χ3n) is 4.91. The van der Waals surface area contributed by atoms with Crippen molar-refractivity contribution in [2.24, 2.45) is 0 Å². The van der Waals surface area contributed by atoms with E-state index >= 15 is 0 Å². The minimum Gasteiger partial charge on any atom is -0.486 e. The zero-order valence-electron chi connectivity index (χ0n) is 19.1. The molecule has 1 fully saturated rings. The van der Waals surface area contributed by atoms with Crippen LogP contribution in [0.25, 0.3) is 0 Å². The van der Waals surface area contributed by atoms with Crippen LogP contribution in [0.2, 0.25) is 0 Å². The summed E-state index contributed by atoms with van der Waals surface area (Å²) in [5.41, 5.74) is 0.319. The van der Waals surface area contributed by atoms with Crippen LogP contribution in [-0.2, 0) is 21.2 Å². The lowest BCUT2D eigenvalue weighted by Crippen LogP contribution is -2.55. The Labute approximate surface area is 189 Å². The molecule has 1 aliphatic heterocycles. The molecule has 174 valence electrons. The number of hydrogen-bond donors (Lipinski definition) is 0. The molecule has 0 bridgehead atoms. The van der Waals surface area contributed by atoms with Gasteiger partial charge >= 0.3 is 6.09 Å². The Morgan fingerprint density at radius 3 is 2.28 bits per heavy atom. The molecule has 0 unspecified atom stereocenters. The van der Waals surface area contributed by atoms with Crippen LogP contribution >= 0.6 is 0 Å². The summed E-state index contributed by atoms with van der Waals surface area (Å²) >= 11 is 0. The predicted molar refractivity (Wildman–Crippen MR) is 121 cm³/mol. The molecule has 32 heavy (non-hydrogen) atoms. The van der Waals surface area contributed by atoms with Crippen molar-refractivity contribution in [2.75, 3.05) is 30.8 Å². The van der Waals surface area contributed by atoms with Crippen LogP contribution in [0.1, 0.15) is 33.3 Å². The monoisotopic (exact) mass is 462 g/mol. The summed E-state index contributed by atoms with van der Waals surface area (Å²) in [6.45, 7) is 9.52. The second kappa shape index (κ2) is 9.32. The summed E-state index contributed by atoms with van der Waals surface area (Å²) in [5, 5.41) is 0. The molecule has 0 N–H and O–H groups in total. The minimum absolute atomic E-state index is 0.0383. The van der Waals surface area contributed by atoms with E-state index in [1.165, 1.54) is 6.26 Å². The van der Waals surface area contributed by atoms with Gasteiger partial charge < -0.3 is 19.3 Å². The first-order valence-electron chi connectivity index (χ1n) is 10.4. The summed E-state index contributed by atoms with van der Waals surface area (Å²) in [7, 11) is -3.22. The lowest BCUT2D eigenvalue weighted by Gasteiger charge is -2.40. The van der Waals surface area contributed by atoms with Gasteiger partial charge in [0.25, 0.3) is 0 Å². The van der Waals surface area contributed by atoms with Crippen molar-refractivity contribution in [3.05, 3.63) is 42.2 Å². The van der Waals surface area contributed by atoms with Crippen LogP contribution in [0, 0.1) is 0 Å². The predicted octanol–water partition coefficient (Wildman–Crippen LogP) is 2.90. The number of sulfone groups is 1. The summed E-state index contributed by atoms with van der Waals surface area (Å²) in [4.78, 5) is 25.2. The Bertz CT molecular complexity index is 1030. The highest BCUT2D eigenvalue weighted by Crippen LogP contribution is 2.20. The summed E-state index contributed by atoms with van der Waals surface area (Å²) in [6, 6.07) is 6.60. The highest BCUT2D eigenvalue weighted by Gasteiger charge is 2.30. The summed E-state index contributed by atoms with van der Waals surface area (Å²) in [6.07, 6.45) is 4.09. The molecule has 3 rings (SSSR count). The number of carbonyl (C=O) groups is 1. The maximum Gasteiger partial charge on any atom is 0.410 e. The van der Waals surface area contributed by atoms with Gasteiger partial charge in [0.05, 0.1) is 17.3 Å². The van der Waals surface area contributed by atoms with Crippen molar-refractivity contribution in [3.63, 3.8) is 0 Å². The van der Waals surface area contributed by atoms with Crippen LogP contribution in [0.3, 0.4) is 0 Å². The van der Waals surface area contributed by atoms with E-state index in [0.29, 0.717) is 31.3 Å². The van der Waals surface area contributed by atoms with Gasteiger partial charge in [-0.25, -0.2) is 23.2 Å². The largest absolute Gasteiger partial charge is 0.486 e. The maximum atomic E-state index is 12.3. The number of hydrogen-bond acceptors (Lipinski definition) is 8.